The van der Waals surface area contributed by atoms with E-state index in [2.05, 4.69) is 24.9 Å². The molecular formula is C15H26N2O. The highest BCUT2D eigenvalue weighted by Gasteiger charge is 2.52. The van der Waals surface area contributed by atoms with Crippen LogP contribution in [0.1, 0.15) is 51.9 Å². The summed E-state index contributed by atoms with van der Waals surface area (Å²) in [6.45, 7) is 4.06. The molecular weight excluding hydrogens is 224 g/mol. The van der Waals surface area contributed by atoms with Crippen LogP contribution in [-0.2, 0) is 0 Å². The molecule has 18 heavy (non-hydrogen) atoms. The lowest BCUT2D eigenvalue weighted by Gasteiger charge is -2.49. The molecule has 3 nitrogen and oxygen atoms in total. The first-order chi connectivity index (χ1) is 8.55. The van der Waals surface area contributed by atoms with E-state index in [4.69, 9.17) is 0 Å². The Labute approximate surface area is 111 Å². The minimum absolute atomic E-state index is 0.472. The Morgan fingerprint density at radius 2 is 1.78 bits per heavy atom. The number of piperidine rings is 1. The summed E-state index contributed by atoms with van der Waals surface area (Å²) in [5, 5.41) is 20.6. The first-order valence-corrected chi connectivity index (χ1v) is 7.37. The molecule has 3 heteroatoms. The van der Waals surface area contributed by atoms with Crippen molar-refractivity contribution in [3.05, 3.63) is 0 Å². The van der Waals surface area contributed by atoms with Gasteiger partial charge in [0.15, 0.2) is 0 Å². The molecule has 1 aliphatic carbocycles. The molecule has 1 aliphatic heterocycles. The maximum absolute atomic E-state index is 11.0. The number of rotatable bonds is 2. The summed E-state index contributed by atoms with van der Waals surface area (Å²) < 4.78 is 0. The Hall–Kier alpha value is -0.590. The predicted octanol–water partition coefficient (Wildman–Crippen LogP) is 2.55. The van der Waals surface area contributed by atoms with Crippen LogP contribution in [0.15, 0.2) is 0 Å². The summed E-state index contributed by atoms with van der Waals surface area (Å²) in [5.74, 6) is 0.765. The van der Waals surface area contributed by atoms with Gasteiger partial charge in [0.1, 0.15) is 0 Å². The third-order valence-corrected chi connectivity index (χ3v) is 5.46. The van der Waals surface area contributed by atoms with Gasteiger partial charge in [0.05, 0.1) is 17.1 Å². The van der Waals surface area contributed by atoms with Crippen LogP contribution >= 0.6 is 0 Å². The van der Waals surface area contributed by atoms with Crippen LogP contribution in [0, 0.1) is 22.7 Å². The normalized spacial score (nSPS) is 37.1. The van der Waals surface area contributed by atoms with Crippen molar-refractivity contribution in [2.75, 3.05) is 20.1 Å². The molecule has 0 spiro atoms. The van der Waals surface area contributed by atoms with Crippen LogP contribution in [0.5, 0.6) is 0 Å². The number of hydrogen-bond donors (Lipinski definition) is 1. The fraction of sp³-hybridized carbons (Fsp3) is 0.933. The lowest BCUT2D eigenvalue weighted by atomic mass is 9.59. The molecule has 0 atom stereocenters. The summed E-state index contributed by atoms with van der Waals surface area (Å²) in [5.41, 5.74) is -1.22. The monoisotopic (exact) mass is 250 g/mol. The van der Waals surface area contributed by atoms with Gasteiger partial charge in [0.25, 0.3) is 0 Å². The SMILES string of the molecule is CCC1CCC(C#N)(C2(O)CCN(C)CC2)CC1. The van der Waals surface area contributed by atoms with Gasteiger partial charge in [0, 0.05) is 13.1 Å². The van der Waals surface area contributed by atoms with Crippen molar-refractivity contribution in [2.24, 2.45) is 11.3 Å². The van der Waals surface area contributed by atoms with Crippen LogP contribution in [0.2, 0.25) is 0 Å². The minimum Gasteiger partial charge on any atom is -0.388 e. The first-order valence-electron chi connectivity index (χ1n) is 7.37. The van der Waals surface area contributed by atoms with Crippen molar-refractivity contribution in [3.63, 3.8) is 0 Å². The van der Waals surface area contributed by atoms with E-state index in [9.17, 15) is 10.4 Å². The summed E-state index contributed by atoms with van der Waals surface area (Å²) in [4.78, 5) is 2.25. The van der Waals surface area contributed by atoms with Crippen LogP contribution in [0.4, 0.5) is 0 Å². The van der Waals surface area contributed by atoms with Crippen molar-refractivity contribution in [2.45, 2.75) is 57.5 Å². The zero-order valence-corrected chi connectivity index (χ0v) is 11.8. The predicted molar refractivity (Wildman–Crippen MR) is 72.0 cm³/mol. The Morgan fingerprint density at radius 3 is 2.22 bits per heavy atom. The molecule has 0 aromatic carbocycles. The number of hydrogen-bond acceptors (Lipinski definition) is 3. The first kappa shape index (κ1) is 13.8. The van der Waals surface area contributed by atoms with E-state index in [-0.39, 0.29) is 0 Å². The summed E-state index contributed by atoms with van der Waals surface area (Å²) in [6.07, 6.45) is 6.74. The van der Waals surface area contributed by atoms with Crippen LogP contribution in [0.3, 0.4) is 0 Å². The maximum atomic E-state index is 11.0. The van der Waals surface area contributed by atoms with Crippen molar-refractivity contribution >= 4 is 0 Å². The zero-order chi connectivity index (χ0) is 13.2. The molecule has 0 radical (unpaired) electrons. The zero-order valence-electron chi connectivity index (χ0n) is 11.8. The fourth-order valence-electron chi connectivity index (χ4n) is 3.73. The Bertz CT molecular complexity index is 318. The highest BCUT2D eigenvalue weighted by atomic mass is 16.3. The molecule has 1 saturated carbocycles. The molecule has 0 aromatic heterocycles. The quantitative estimate of drug-likeness (QED) is 0.819. The number of nitrogens with zero attached hydrogens (tertiary/aromatic N) is 2. The fourth-order valence-corrected chi connectivity index (χ4v) is 3.73. The number of aliphatic hydroxyl groups is 1. The molecule has 2 fully saturated rings. The van der Waals surface area contributed by atoms with E-state index < -0.39 is 11.0 Å². The molecule has 0 unspecified atom stereocenters. The van der Waals surface area contributed by atoms with Crippen molar-refractivity contribution < 1.29 is 5.11 Å². The van der Waals surface area contributed by atoms with E-state index >= 15 is 0 Å². The van der Waals surface area contributed by atoms with Crippen LogP contribution in [-0.4, -0.2) is 35.7 Å². The second-order valence-corrected chi connectivity index (χ2v) is 6.38. The Balaban J connectivity index is 2.11. The summed E-state index contributed by atoms with van der Waals surface area (Å²) in [6, 6.07) is 2.52. The molecule has 1 N–H and O–H groups in total. The molecule has 2 aliphatic rings. The van der Waals surface area contributed by atoms with E-state index in [1.165, 1.54) is 6.42 Å². The topological polar surface area (TPSA) is 47.3 Å². The van der Waals surface area contributed by atoms with Gasteiger partial charge in [-0.05, 0) is 51.5 Å². The lowest BCUT2D eigenvalue weighted by molar-refractivity contribution is -0.111. The molecule has 0 aromatic rings. The Morgan fingerprint density at radius 1 is 1.22 bits per heavy atom. The maximum Gasteiger partial charge on any atom is 0.0861 e. The third kappa shape index (κ3) is 2.29. The van der Waals surface area contributed by atoms with E-state index in [1.807, 2.05) is 0 Å². The van der Waals surface area contributed by atoms with Gasteiger partial charge in [-0.25, -0.2) is 0 Å². The number of likely N-dealkylation sites (tertiary alicyclic amines) is 1. The summed E-state index contributed by atoms with van der Waals surface area (Å²) >= 11 is 0. The average molecular weight is 250 g/mol. The molecule has 1 saturated heterocycles. The van der Waals surface area contributed by atoms with Crippen molar-refractivity contribution in [1.82, 2.24) is 4.90 Å². The molecule has 1 heterocycles. The lowest BCUT2D eigenvalue weighted by Crippen LogP contribution is -2.55. The van der Waals surface area contributed by atoms with Gasteiger partial charge >= 0.3 is 0 Å². The van der Waals surface area contributed by atoms with Gasteiger partial charge in [-0.3, -0.25) is 0 Å². The molecule has 0 bridgehead atoms. The van der Waals surface area contributed by atoms with E-state index in [0.29, 0.717) is 0 Å². The van der Waals surface area contributed by atoms with Gasteiger partial charge in [0.2, 0.25) is 0 Å². The van der Waals surface area contributed by atoms with Gasteiger partial charge in [-0.2, -0.15) is 5.26 Å². The van der Waals surface area contributed by atoms with E-state index in [0.717, 1.165) is 57.5 Å². The minimum atomic E-state index is -0.743. The second kappa shape index (κ2) is 5.19. The van der Waals surface area contributed by atoms with E-state index in [1.54, 1.807) is 0 Å². The standard InChI is InChI=1S/C15H26N2O/c1-3-13-4-6-14(12-16,7-5-13)15(18)8-10-17(2)11-9-15/h13,18H,3-11H2,1-2H3. The summed E-state index contributed by atoms with van der Waals surface area (Å²) in [7, 11) is 2.09. The van der Waals surface area contributed by atoms with Gasteiger partial charge < -0.3 is 10.0 Å². The van der Waals surface area contributed by atoms with Crippen molar-refractivity contribution in [1.29, 1.82) is 5.26 Å². The molecule has 0 amide bonds. The van der Waals surface area contributed by atoms with Crippen LogP contribution in [0.25, 0.3) is 0 Å². The molecule has 102 valence electrons. The number of nitriles is 1. The van der Waals surface area contributed by atoms with Gasteiger partial charge in [-0.15, -0.1) is 0 Å². The Kier molecular flexibility index (Phi) is 3.99. The highest BCUT2D eigenvalue weighted by molar-refractivity contribution is 5.14. The molecule has 2 rings (SSSR count). The second-order valence-electron chi connectivity index (χ2n) is 6.38. The van der Waals surface area contributed by atoms with Gasteiger partial charge in [-0.1, -0.05) is 13.3 Å². The van der Waals surface area contributed by atoms with Crippen molar-refractivity contribution in [3.8, 4) is 6.07 Å². The smallest absolute Gasteiger partial charge is 0.0861 e. The third-order valence-electron chi connectivity index (χ3n) is 5.46. The van der Waals surface area contributed by atoms with Crippen LogP contribution < -0.4 is 0 Å². The largest absolute Gasteiger partial charge is 0.388 e. The average Bonchev–Trinajstić information content (AvgIpc) is 2.42. The highest BCUT2D eigenvalue weighted by Crippen LogP contribution is 2.50.